The van der Waals surface area contributed by atoms with Crippen LogP contribution >= 0.6 is 27.3 Å². The van der Waals surface area contributed by atoms with Crippen molar-refractivity contribution >= 4 is 27.3 Å². The average Bonchev–Trinajstić information content (AvgIpc) is 2.69. The van der Waals surface area contributed by atoms with Crippen molar-refractivity contribution in [1.82, 2.24) is 5.32 Å². The molecule has 0 bridgehead atoms. The lowest BCUT2D eigenvalue weighted by Crippen LogP contribution is -2.22. The van der Waals surface area contributed by atoms with Crippen LogP contribution in [0.2, 0.25) is 0 Å². The molecule has 4 heteroatoms. The summed E-state index contributed by atoms with van der Waals surface area (Å²) in [4.78, 5) is 2.35. The highest BCUT2D eigenvalue weighted by atomic mass is 79.9. The van der Waals surface area contributed by atoms with Gasteiger partial charge in [-0.05, 0) is 48.5 Å². The Balaban J connectivity index is 2.51. The van der Waals surface area contributed by atoms with Gasteiger partial charge in [-0.25, -0.2) is 4.39 Å². The van der Waals surface area contributed by atoms with Gasteiger partial charge in [0.25, 0.3) is 0 Å². The summed E-state index contributed by atoms with van der Waals surface area (Å²) in [5.74, 6) is -0.158. The van der Waals surface area contributed by atoms with Crippen molar-refractivity contribution < 1.29 is 4.39 Å². The Bertz CT molecular complexity index is 580. The third-order valence-corrected chi connectivity index (χ3v) is 5.00. The lowest BCUT2D eigenvalue weighted by molar-refractivity contribution is 0.562. The van der Waals surface area contributed by atoms with E-state index in [2.05, 4.69) is 34.2 Å². The van der Waals surface area contributed by atoms with E-state index in [9.17, 15) is 4.39 Å². The van der Waals surface area contributed by atoms with Gasteiger partial charge >= 0.3 is 0 Å². The van der Waals surface area contributed by atoms with E-state index in [4.69, 9.17) is 0 Å². The molecule has 1 unspecified atom stereocenters. The summed E-state index contributed by atoms with van der Waals surface area (Å²) in [7, 11) is 0. The third kappa shape index (κ3) is 3.25. The molecule has 0 saturated heterocycles. The molecular formula is C15H17BrFNS. The molecule has 0 amide bonds. The van der Waals surface area contributed by atoms with Gasteiger partial charge in [-0.15, -0.1) is 11.3 Å². The van der Waals surface area contributed by atoms with Crippen LogP contribution in [-0.4, -0.2) is 6.54 Å². The van der Waals surface area contributed by atoms with E-state index in [1.54, 1.807) is 23.5 Å². The van der Waals surface area contributed by atoms with E-state index in [0.717, 1.165) is 21.5 Å². The van der Waals surface area contributed by atoms with Crippen molar-refractivity contribution in [2.75, 3.05) is 6.54 Å². The van der Waals surface area contributed by atoms with Gasteiger partial charge in [0.1, 0.15) is 5.82 Å². The van der Waals surface area contributed by atoms with E-state index < -0.39 is 0 Å². The van der Waals surface area contributed by atoms with Gasteiger partial charge in [-0.1, -0.05) is 24.6 Å². The first-order valence-corrected chi connectivity index (χ1v) is 7.89. The van der Waals surface area contributed by atoms with Crippen molar-refractivity contribution in [1.29, 1.82) is 0 Å². The summed E-state index contributed by atoms with van der Waals surface area (Å²) in [6, 6.07) is 7.25. The molecule has 0 spiro atoms. The molecule has 0 aliphatic heterocycles. The minimum atomic E-state index is -0.158. The van der Waals surface area contributed by atoms with Crippen LogP contribution in [0.5, 0.6) is 0 Å². The first-order valence-electron chi connectivity index (χ1n) is 6.28. The molecule has 1 nitrogen and oxygen atoms in total. The molecule has 102 valence electrons. The second-order valence-electron chi connectivity index (χ2n) is 4.58. The largest absolute Gasteiger partial charge is 0.306 e. The Labute approximate surface area is 126 Å². The predicted octanol–water partition coefficient (Wildman–Crippen LogP) is 4.97. The zero-order valence-corrected chi connectivity index (χ0v) is 13.7. The predicted molar refractivity (Wildman–Crippen MR) is 83.4 cm³/mol. The maximum absolute atomic E-state index is 14.1. The second-order valence-corrected chi connectivity index (χ2v) is 6.73. The van der Waals surface area contributed by atoms with Gasteiger partial charge in [-0.3, -0.25) is 0 Å². The number of benzene rings is 1. The number of rotatable bonds is 4. The summed E-state index contributed by atoms with van der Waals surface area (Å²) >= 11 is 5.27. The van der Waals surface area contributed by atoms with Crippen molar-refractivity contribution in [3.63, 3.8) is 0 Å². The molecule has 1 atom stereocenters. The molecule has 1 N–H and O–H groups in total. The fourth-order valence-corrected chi connectivity index (χ4v) is 4.11. The zero-order chi connectivity index (χ0) is 14.0. The summed E-state index contributed by atoms with van der Waals surface area (Å²) in [5, 5.41) is 3.38. The highest BCUT2D eigenvalue weighted by molar-refractivity contribution is 9.10. The Morgan fingerprint density at radius 2 is 2.05 bits per heavy atom. The van der Waals surface area contributed by atoms with Gasteiger partial charge < -0.3 is 5.32 Å². The van der Waals surface area contributed by atoms with Crippen LogP contribution in [0.25, 0.3) is 0 Å². The van der Waals surface area contributed by atoms with Crippen molar-refractivity contribution in [3.05, 3.63) is 55.4 Å². The minimum Gasteiger partial charge on any atom is -0.306 e. The fourth-order valence-electron chi connectivity index (χ4n) is 2.13. The van der Waals surface area contributed by atoms with E-state index in [-0.39, 0.29) is 11.9 Å². The van der Waals surface area contributed by atoms with Crippen molar-refractivity contribution in [3.8, 4) is 0 Å². The van der Waals surface area contributed by atoms with Gasteiger partial charge in [0, 0.05) is 19.8 Å². The molecule has 2 rings (SSSR count). The number of nitrogens with one attached hydrogen (secondary N) is 1. The average molecular weight is 342 g/mol. The number of aryl methyl sites for hydroxylation is 2. The van der Waals surface area contributed by atoms with Crippen LogP contribution in [0.3, 0.4) is 0 Å². The maximum Gasteiger partial charge on any atom is 0.128 e. The van der Waals surface area contributed by atoms with E-state index >= 15 is 0 Å². The van der Waals surface area contributed by atoms with Gasteiger partial charge in [0.2, 0.25) is 0 Å². The Hall–Kier alpha value is -0.710. The summed E-state index contributed by atoms with van der Waals surface area (Å²) in [6.45, 7) is 6.88. The number of hydrogen-bond donors (Lipinski definition) is 1. The Morgan fingerprint density at radius 1 is 1.32 bits per heavy atom. The summed E-state index contributed by atoms with van der Waals surface area (Å²) in [5.41, 5.74) is 1.79. The molecule has 2 aromatic rings. The van der Waals surface area contributed by atoms with Crippen LogP contribution in [-0.2, 0) is 0 Å². The summed E-state index contributed by atoms with van der Waals surface area (Å²) in [6.07, 6.45) is 0. The first kappa shape index (κ1) is 14.7. The van der Waals surface area contributed by atoms with E-state index in [1.165, 1.54) is 4.88 Å². The fraction of sp³-hybridized carbons (Fsp3) is 0.333. The molecule has 0 fully saturated rings. The molecule has 0 aliphatic carbocycles. The van der Waals surface area contributed by atoms with E-state index in [1.807, 2.05) is 19.9 Å². The van der Waals surface area contributed by atoms with Gasteiger partial charge in [0.05, 0.1) is 6.04 Å². The molecule has 19 heavy (non-hydrogen) atoms. The summed E-state index contributed by atoms with van der Waals surface area (Å²) < 4.78 is 15.2. The zero-order valence-electron chi connectivity index (χ0n) is 11.3. The lowest BCUT2D eigenvalue weighted by Gasteiger charge is -2.19. The van der Waals surface area contributed by atoms with Crippen molar-refractivity contribution in [2.24, 2.45) is 0 Å². The lowest BCUT2D eigenvalue weighted by atomic mass is 10.0. The first-order chi connectivity index (χ1) is 9.02. The molecule has 0 saturated carbocycles. The highest BCUT2D eigenvalue weighted by Crippen LogP contribution is 2.36. The highest BCUT2D eigenvalue weighted by Gasteiger charge is 2.21. The van der Waals surface area contributed by atoms with Gasteiger partial charge in [0.15, 0.2) is 0 Å². The van der Waals surface area contributed by atoms with Crippen LogP contribution in [0, 0.1) is 19.7 Å². The Morgan fingerprint density at radius 3 is 2.63 bits per heavy atom. The number of halogens is 2. The van der Waals surface area contributed by atoms with Crippen LogP contribution in [0.1, 0.15) is 33.8 Å². The quantitative estimate of drug-likeness (QED) is 0.828. The molecule has 1 heterocycles. The number of hydrogen-bond acceptors (Lipinski definition) is 2. The topological polar surface area (TPSA) is 12.0 Å². The standard InChI is InChI=1S/C15H17BrFNS/c1-4-18-14(15-12(16)8-10(3)19-15)11-7-9(2)5-6-13(11)17/h5-8,14,18H,4H2,1-3H3. The molecule has 1 aromatic carbocycles. The minimum absolute atomic E-state index is 0.0991. The normalized spacial score (nSPS) is 12.7. The van der Waals surface area contributed by atoms with Crippen molar-refractivity contribution in [2.45, 2.75) is 26.8 Å². The molecule has 0 aliphatic rings. The van der Waals surface area contributed by atoms with Crippen LogP contribution in [0.4, 0.5) is 4.39 Å². The van der Waals surface area contributed by atoms with E-state index in [0.29, 0.717) is 5.56 Å². The van der Waals surface area contributed by atoms with Crippen LogP contribution < -0.4 is 5.32 Å². The third-order valence-electron chi connectivity index (χ3n) is 2.97. The van der Waals surface area contributed by atoms with Gasteiger partial charge in [-0.2, -0.15) is 0 Å². The SMILES string of the molecule is CCNC(c1cc(C)ccc1F)c1sc(C)cc1Br. The van der Waals surface area contributed by atoms with Crippen LogP contribution in [0.15, 0.2) is 28.7 Å². The monoisotopic (exact) mass is 341 g/mol. The second kappa shape index (κ2) is 6.16. The molecule has 0 radical (unpaired) electrons. The number of thiophene rings is 1. The molecule has 1 aromatic heterocycles. The molecular weight excluding hydrogens is 325 g/mol. The smallest absolute Gasteiger partial charge is 0.128 e. The maximum atomic E-state index is 14.1. The Kier molecular flexibility index (Phi) is 4.76.